The Kier molecular flexibility index (Phi) is 6.69. The molecule has 0 saturated carbocycles. The first-order valence-electron chi connectivity index (χ1n) is 6.83. The molecule has 0 aromatic heterocycles. The summed E-state index contributed by atoms with van der Waals surface area (Å²) in [5.41, 5.74) is -1.25. The molecule has 11 heteroatoms. The highest BCUT2D eigenvalue weighted by molar-refractivity contribution is 7.73. The van der Waals surface area contributed by atoms with Gasteiger partial charge in [0.25, 0.3) is 0 Å². The van der Waals surface area contributed by atoms with E-state index >= 15 is 0 Å². The largest absolute Gasteiger partial charge is 0.477 e. The van der Waals surface area contributed by atoms with Crippen molar-refractivity contribution in [3.05, 3.63) is 63.1 Å². The maximum atomic E-state index is 12.6. The molecule has 138 valence electrons. The molecule has 0 fully saturated rings. The van der Waals surface area contributed by atoms with E-state index in [1.54, 1.807) is 12.1 Å². The van der Waals surface area contributed by atoms with E-state index in [9.17, 15) is 19.1 Å². The molecule has 0 amide bonds. The van der Waals surface area contributed by atoms with E-state index in [2.05, 4.69) is 5.16 Å². The van der Waals surface area contributed by atoms with Crippen LogP contribution >= 0.6 is 42.4 Å². The van der Waals surface area contributed by atoms with Crippen molar-refractivity contribution in [3.63, 3.8) is 0 Å². The molecule has 26 heavy (non-hydrogen) atoms. The third kappa shape index (κ3) is 4.76. The summed E-state index contributed by atoms with van der Waals surface area (Å²) in [7, 11) is -5.16. The van der Waals surface area contributed by atoms with Gasteiger partial charge in [0.05, 0.1) is 10.0 Å². The van der Waals surface area contributed by atoms with Crippen LogP contribution in [-0.2, 0) is 9.36 Å². The predicted molar refractivity (Wildman–Crippen MR) is 97.6 cm³/mol. The van der Waals surface area contributed by atoms with Crippen LogP contribution in [0.15, 0.2) is 47.6 Å². The van der Waals surface area contributed by atoms with Gasteiger partial charge in [0, 0.05) is 16.7 Å². The Morgan fingerprint density at radius 3 is 2.23 bits per heavy atom. The second-order valence-corrected chi connectivity index (χ2v) is 7.66. The molecule has 0 aliphatic carbocycles. The number of nitrogens with zero attached hydrogens (tertiary/aromatic N) is 1. The first-order valence-corrected chi connectivity index (χ1v) is 9.58. The summed E-state index contributed by atoms with van der Waals surface area (Å²) >= 11 is 17.8. The fourth-order valence-corrected chi connectivity index (χ4v) is 3.04. The lowest BCUT2D eigenvalue weighted by Gasteiger charge is -2.20. The maximum absolute atomic E-state index is 12.6. The van der Waals surface area contributed by atoms with Crippen molar-refractivity contribution in [1.29, 1.82) is 0 Å². The summed E-state index contributed by atoms with van der Waals surface area (Å²) in [6.45, 7) is 0. The van der Waals surface area contributed by atoms with Crippen molar-refractivity contribution >= 4 is 53.6 Å². The molecule has 0 saturated heterocycles. The van der Waals surface area contributed by atoms with E-state index in [1.165, 1.54) is 30.3 Å². The summed E-state index contributed by atoms with van der Waals surface area (Å²) < 4.78 is 17.0. The maximum Gasteiger partial charge on any atom is 0.381 e. The number of benzene rings is 2. The first-order chi connectivity index (χ1) is 12.1. The highest BCUT2D eigenvalue weighted by Gasteiger charge is 2.38. The minimum absolute atomic E-state index is 0.0840. The monoisotopic (exact) mass is 437 g/mol. The Morgan fingerprint density at radius 1 is 1.04 bits per heavy atom. The predicted octanol–water partition coefficient (Wildman–Crippen LogP) is 4.30. The lowest BCUT2D eigenvalue weighted by molar-refractivity contribution is -0.119. The van der Waals surface area contributed by atoms with Crippen molar-refractivity contribution in [3.8, 4) is 5.75 Å². The topological polar surface area (TPSA) is 116 Å². The lowest BCUT2D eigenvalue weighted by Crippen LogP contribution is -2.27. The number of rotatable bonds is 6. The van der Waals surface area contributed by atoms with E-state index < -0.39 is 24.9 Å². The third-order valence-corrected chi connectivity index (χ3v) is 5.11. The summed E-state index contributed by atoms with van der Waals surface area (Å²) in [6.07, 6.45) is -1.60. The molecule has 1 atom stereocenters. The van der Waals surface area contributed by atoms with Gasteiger partial charge in [-0.25, -0.2) is 0 Å². The van der Waals surface area contributed by atoms with Crippen LogP contribution in [0, 0.1) is 0 Å². The molecule has 1 unspecified atom stereocenters. The number of carbonyl (C=O) groups excluding carboxylic acids is 1. The van der Waals surface area contributed by atoms with Crippen LogP contribution in [0.4, 0.5) is 0 Å². The molecule has 7 nitrogen and oxygen atoms in total. The standard InChI is InChI=1S/C15H11Cl3NO6P/c16-10-4-2-1-3-9(10)14(13(20)15(19-21)26(22,23)24)25-8-5-6-11(17)12(18)7-8/h1-7,14,21H,(H2,22,23,24)/b19-15-. The number of oxime groups is 1. The fourth-order valence-electron chi connectivity index (χ4n) is 2.00. The zero-order valence-electron chi connectivity index (χ0n) is 12.7. The van der Waals surface area contributed by atoms with Gasteiger partial charge in [0.15, 0.2) is 6.10 Å². The average Bonchev–Trinajstić information content (AvgIpc) is 2.56. The minimum Gasteiger partial charge on any atom is -0.477 e. The summed E-state index contributed by atoms with van der Waals surface area (Å²) in [4.78, 5) is 31.1. The quantitative estimate of drug-likeness (QED) is 0.268. The zero-order valence-corrected chi connectivity index (χ0v) is 15.9. The number of ether oxygens (including phenoxy) is 1. The van der Waals surface area contributed by atoms with Crippen molar-refractivity contribution in [2.75, 3.05) is 0 Å². The Balaban J connectivity index is 2.52. The van der Waals surface area contributed by atoms with Crippen LogP contribution in [0.2, 0.25) is 15.1 Å². The molecule has 2 aromatic rings. The van der Waals surface area contributed by atoms with Gasteiger partial charge in [-0.15, -0.1) is 0 Å². The highest BCUT2D eigenvalue weighted by atomic mass is 35.5. The van der Waals surface area contributed by atoms with E-state index in [0.717, 1.165) is 0 Å². The number of halogens is 3. The SMILES string of the molecule is O=C(/C(=N/O)P(=O)(O)O)C(Oc1ccc(Cl)c(Cl)c1)c1ccccc1Cl. The van der Waals surface area contributed by atoms with Gasteiger partial charge in [-0.2, -0.15) is 0 Å². The molecule has 0 heterocycles. The van der Waals surface area contributed by atoms with Crippen LogP contribution in [-0.4, -0.2) is 26.2 Å². The Labute approximate surface area is 162 Å². The van der Waals surface area contributed by atoms with E-state index in [0.29, 0.717) is 0 Å². The third-order valence-electron chi connectivity index (χ3n) is 3.16. The van der Waals surface area contributed by atoms with Crippen molar-refractivity contribution in [2.45, 2.75) is 6.10 Å². The minimum atomic E-state index is -5.16. The van der Waals surface area contributed by atoms with Gasteiger partial charge in [0.2, 0.25) is 11.2 Å². The molecular weight excluding hydrogens is 427 g/mol. The number of ketones is 1. The molecule has 0 spiro atoms. The molecule has 2 rings (SSSR count). The molecule has 0 aliphatic heterocycles. The van der Waals surface area contributed by atoms with Gasteiger partial charge < -0.3 is 19.7 Å². The molecule has 0 radical (unpaired) electrons. The molecular formula is C15H11Cl3NO6P. The van der Waals surface area contributed by atoms with Gasteiger partial charge in [0.1, 0.15) is 5.75 Å². The fraction of sp³-hybridized carbons (Fsp3) is 0.0667. The van der Waals surface area contributed by atoms with E-state index in [4.69, 9.17) is 44.7 Å². The van der Waals surface area contributed by atoms with Gasteiger partial charge >= 0.3 is 7.60 Å². The van der Waals surface area contributed by atoms with Gasteiger partial charge in [-0.05, 0) is 18.2 Å². The molecule has 0 aliphatic rings. The first kappa shape index (κ1) is 20.7. The second kappa shape index (κ2) is 8.39. The van der Waals surface area contributed by atoms with Crippen LogP contribution in [0.25, 0.3) is 0 Å². The zero-order chi connectivity index (χ0) is 19.5. The number of hydrogen-bond acceptors (Lipinski definition) is 5. The van der Waals surface area contributed by atoms with Crippen LogP contribution in [0.5, 0.6) is 5.75 Å². The lowest BCUT2D eigenvalue weighted by atomic mass is 10.1. The van der Waals surface area contributed by atoms with E-state index in [1.807, 2.05) is 0 Å². The Hall–Kier alpha value is -1.60. The summed E-state index contributed by atoms with van der Waals surface area (Å²) in [5, 5.41) is 11.8. The Morgan fingerprint density at radius 2 is 1.69 bits per heavy atom. The normalized spacial score (nSPS) is 13.3. The van der Waals surface area contributed by atoms with Crippen LogP contribution in [0.1, 0.15) is 11.7 Å². The summed E-state index contributed by atoms with van der Waals surface area (Å²) in [5.74, 6) is -1.18. The molecule has 3 N–H and O–H groups in total. The molecule has 0 bridgehead atoms. The number of carbonyl (C=O) groups is 1. The summed E-state index contributed by atoms with van der Waals surface area (Å²) in [6, 6.07) is 10.2. The number of hydrogen-bond donors (Lipinski definition) is 3. The van der Waals surface area contributed by atoms with Gasteiger partial charge in [-0.3, -0.25) is 9.36 Å². The van der Waals surface area contributed by atoms with Crippen molar-refractivity contribution in [1.82, 2.24) is 0 Å². The second-order valence-electron chi connectivity index (χ2n) is 4.93. The number of Topliss-reactive ketones (excluding diaryl/α,β-unsaturated/α-hetero) is 1. The highest BCUT2D eigenvalue weighted by Crippen LogP contribution is 2.41. The molecule has 2 aromatic carbocycles. The van der Waals surface area contributed by atoms with Gasteiger partial charge in [-0.1, -0.05) is 58.2 Å². The average molecular weight is 439 g/mol. The van der Waals surface area contributed by atoms with Crippen LogP contribution < -0.4 is 4.74 Å². The van der Waals surface area contributed by atoms with Crippen molar-refractivity contribution < 1.29 is 29.1 Å². The smallest absolute Gasteiger partial charge is 0.381 e. The Bertz CT molecular complexity index is 914. The van der Waals surface area contributed by atoms with Crippen molar-refractivity contribution in [2.24, 2.45) is 5.16 Å². The van der Waals surface area contributed by atoms with Crippen LogP contribution in [0.3, 0.4) is 0 Å². The van der Waals surface area contributed by atoms with E-state index in [-0.39, 0.29) is 26.4 Å².